The number of carbonyl (C=O) groups is 2. The molecule has 2 aromatic heterocycles. The number of amides is 2. The van der Waals surface area contributed by atoms with Crippen LogP contribution in [0.5, 0.6) is 0 Å². The number of benzene rings is 2. The monoisotopic (exact) mass is 556 g/mol. The largest absolute Gasteiger partial charge is 0.416 e. The Hall–Kier alpha value is -3.28. The Morgan fingerprint density at radius 1 is 0.947 bits per heavy atom. The standard InChI is InChI=1S/C27H23F3N4O2S2/c28-27(29,30)19-3-1-2-16(9-19)17-4-5-23-18(8-17)10-24(38-23)26(36)34-12-21(13-34)32-20-6-7-33(11-20)25(35)22-14-37-15-31-22/h1-5,8-10,14-15,20-21,32H,6-7,11-13H2/t20-/m0/s1. The summed E-state index contributed by atoms with van der Waals surface area (Å²) in [5.74, 6) is -0.0847. The van der Waals surface area contributed by atoms with Crippen molar-refractivity contribution in [2.75, 3.05) is 26.2 Å². The number of hydrogen-bond donors (Lipinski definition) is 1. The van der Waals surface area contributed by atoms with Gasteiger partial charge in [0.15, 0.2) is 0 Å². The third-order valence-corrected chi connectivity index (χ3v) is 8.71. The second-order valence-electron chi connectivity index (χ2n) is 9.63. The molecule has 6 rings (SSSR count). The summed E-state index contributed by atoms with van der Waals surface area (Å²) in [6, 6.07) is 12.9. The molecule has 0 saturated carbocycles. The summed E-state index contributed by atoms with van der Waals surface area (Å²) in [5, 5.41) is 6.16. The van der Waals surface area contributed by atoms with E-state index in [1.54, 1.807) is 27.9 Å². The Bertz CT molecular complexity index is 1500. The summed E-state index contributed by atoms with van der Waals surface area (Å²) in [4.78, 5) is 33.9. The maximum atomic E-state index is 13.1. The number of aromatic nitrogens is 1. The Morgan fingerprint density at radius 3 is 2.50 bits per heavy atom. The summed E-state index contributed by atoms with van der Waals surface area (Å²) in [6.45, 7) is 2.51. The van der Waals surface area contributed by atoms with Crippen molar-refractivity contribution in [1.82, 2.24) is 20.1 Å². The fraction of sp³-hybridized carbons (Fsp3) is 0.296. The minimum Gasteiger partial charge on any atom is -0.336 e. The predicted molar refractivity (Wildman–Crippen MR) is 142 cm³/mol. The van der Waals surface area contributed by atoms with Crippen LogP contribution in [0.15, 0.2) is 59.4 Å². The van der Waals surface area contributed by atoms with E-state index in [0.717, 1.165) is 28.6 Å². The molecule has 0 bridgehead atoms. The van der Waals surface area contributed by atoms with Crippen LogP contribution in [0.25, 0.3) is 21.2 Å². The van der Waals surface area contributed by atoms with Crippen molar-refractivity contribution in [3.8, 4) is 11.1 Å². The highest BCUT2D eigenvalue weighted by Gasteiger charge is 2.36. The van der Waals surface area contributed by atoms with Crippen LogP contribution in [0.1, 0.15) is 32.1 Å². The zero-order valence-corrected chi connectivity index (χ0v) is 21.7. The molecule has 0 aliphatic carbocycles. The maximum Gasteiger partial charge on any atom is 0.416 e. The molecule has 4 aromatic rings. The van der Waals surface area contributed by atoms with Crippen LogP contribution in [0.3, 0.4) is 0 Å². The normalized spacial score (nSPS) is 18.2. The third kappa shape index (κ3) is 4.93. The Labute approximate surface area is 224 Å². The lowest BCUT2D eigenvalue weighted by Gasteiger charge is -2.40. The molecule has 1 N–H and O–H groups in total. The molecule has 2 saturated heterocycles. The SMILES string of the molecule is O=C(c1cscn1)N1CC[C@H](NC2CN(C(=O)c3cc4cc(-c5cccc(C(F)(F)F)c5)ccc4s3)C2)C1. The van der Waals surface area contributed by atoms with Gasteiger partial charge >= 0.3 is 6.18 Å². The number of fused-ring (bicyclic) bond motifs is 1. The van der Waals surface area contributed by atoms with Gasteiger partial charge in [0, 0.05) is 48.3 Å². The van der Waals surface area contributed by atoms with Gasteiger partial charge in [0.2, 0.25) is 0 Å². The van der Waals surface area contributed by atoms with Gasteiger partial charge in [-0.2, -0.15) is 13.2 Å². The second-order valence-corrected chi connectivity index (χ2v) is 11.4. The predicted octanol–water partition coefficient (Wildman–Crippen LogP) is 5.37. The zero-order valence-electron chi connectivity index (χ0n) is 20.1. The van der Waals surface area contributed by atoms with Gasteiger partial charge < -0.3 is 15.1 Å². The number of nitrogens with one attached hydrogen (secondary N) is 1. The summed E-state index contributed by atoms with van der Waals surface area (Å²) < 4.78 is 40.3. The van der Waals surface area contributed by atoms with Gasteiger partial charge in [-0.1, -0.05) is 18.2 Å². The number of rotatable bonds is 5. The number of halogens is 3. The van der Waals surface area contributed by atoms with Crippen molar-refractivity contribution in [2.24, 2.45) is 0 Å². The molecular weight excluding hydrogens is 533 g/mol. The Balaban J connectivity index is 1.06. The van der Waals surface area contributed by atoms with Crippen LogP contribution in [0.4, 0.5) is 13.2 Å². The van der Waals surface area contributed by atoms with E-state index in [4.69, 9.17) is 0 Å². The lowest BCUT2D eigenvalue weighted by molar-refractivity contribution is -0.137. The molecule has 2 fully saturated rings. The lowest BCUT2D eigenvalue weighted by atomic mass is 10.0. The molecule has 2 aliphatic heterocycles. The first-order valence-corrected chi connectivity index (χ1v) is 13.9. The molecule has 11 heteroatoms. The van der Waals surface area contributed by atoms with E-state index < -0.39 is 11.7 Å². The summed E-state index contributed by atoms with van der Waals surface area (Å²) >= 11 is 2.80. The number of carbonyl (C=O) groups excluding carboxylic acids is 2. The van der Waals surface area contributed by atoms with Gasteiger partial charge in [-0.25, -0.2) is 4.98 Å². The van der Waals surface area contributed by atoms with Crippen LogP contribution in [0, 0.1) is 0 Å². The number of alkyl halides is 3. The molecule has 0 unspecified atom stereocenters. The quantitative estimate of drug-likeness (QED) is 0.359. The molecule has 2 aromatic carbocycles. The highest BCUT2D eigenvalue weighted by atomic mass is 32.1. The topological polar surface area (TPSA) is 65.5 Å². The van der Waals surface area contributed by atoms with Crippen molar-refractivity contribution >= 4 is 44.6 Å². The van der Waals surface area contributed by atoms with Crippen LogP contribution in [0.2, 0.25) is 0 Å². The molecule has 38 heavy (non-hydrogen) atoms. The van der Waals surface area contributed by atoms with Crippen LogP contribution in [-0.2, 0) is 6.18 Å². The van der Waals surface area contributed by atoms with E-state index >= 15 is 0 Å². The minimum atomic E-state index is -4.40. The van der Waals surface area contributed by atoms with Gasteiger partial charge in [-0.3, -0.25) is 9.59 Å². The molecule has 2 aliphatic rings. The summed E-state index contributed by atoms with van der Waals surface area (Å²) in [7, 11) is 0. The van der Waals surface area contributed by atoms with Gasteiger partial charge in [0.05, 0.1) is 16.0 Å². The molecule has 6 nitrogen and oxygen atoms in total. The van der Waals surface area contributed by atoms with Gasteiger partial charge in [-0.15, -0.1) is 22.7 Å². The van der Waals surface area contributed by atoms with Crippen molar-refractivity contribution in [1.29, 1.82) is 0 Å². The molecule has 0 radical (unpaired) electrons. The number of hydrogen-bond acceptors (Lipinski definition) is 6. The van der Waals surface area contributed by atoms with Crippen molar-refractivity contribution < 1.29 is 22.8 Å². The summed E-state index contributed by atoms with van der Waals surface area (Å²) in [5.41, 5.74) is 2.61. The lowest BCUT2D eigenvalue weighted by Crippen LogP contribution is -2.61. The highest BCUT2D eigenvalue weighted by molar-refractivity contribution is 7.20. The van der Waals surface area contributed by atoms with E-state index in [9.17, 15) is 22.8 Å². The van der Waals surface area contributed by atoms with Gasteiger partial charge in [-0.05, 0) is 53.3 Å². The first-order valence-electron chi connectivity index (χ1n) is 12.2. The van der Waals surface area contributed by atoms with E-state index in [2.05, 4.69) is 10.3 Å². The molecule has 2 amide bonds. The van der Waals surface area contributed by atoms with Crippen LogP contribution < -0.4 is 5.32 Å². The van der Waals surface area contributed by atoms with E-state index in [1.165, 1.54) is 28.7 Å². The van der Waals surface area contributed by atoms with E-state index in [-0.39, 0.29) is 23.9 Å². The number of likely N-dealkylation sites (tertiary alicyclic amines) is 2. The number of thiazole rings is 1. The highest BCUT2D eigenvalue weighted by Crippen LogP contribution is 2.35. The maximum absolute atomic E-state index is 13.1. The van der Waals surface area contributed by atoms with Gasteiger partial charge in [0.1, 0.15) is 5.69 Å². The van der Waals surface area contributed by atoms with Crippen LogP contribution in [-0.4, -0.2) is 64.9 Å². The van der Waals surface area contributed by atoms with Crippen molar-refractivity contribution in [3.05, 3.63) is 75.6 Å². The average molecular weight is 557 g/mol. The van der Waals surface area contributed by atoms with Crippen molar-refractivity contribution in [3.63, 3.8) is 0 Å². The first kappa shape index (κ1) is 25.0. The van der Waals surface area contributed by atoms with Crippen molar-refractivity contribution in [2.45, 2.75) is 24.7 Å². The Kier molecular flexibility index (Phi) is 6.45. The fourth-order valence-electron chi connectivity index (χ4n) is 5.00. The van der Waals surface area contributed by atoms with E-state index in [0.29, 0.717) is 47.9 Å². The second kappa shape index (κ2) is 9.79. The van der Waals surface area contributed by atoms with Gasteiger partial charge in [0.25, 0.3) is 11.8 Å². The molecule has 4 heterocycles. The molecule has 196 valence electrons. The number of nitrogens with zero attached hydrogens (tertiary/aromatic N) is 3. The molecule has 1 atom stereocenters. The average Bonchev–Trinajstić information content (AvgIpc) is 3.65. The van der Waals surface area contributed by atoms with Crippen LogP contribution >= 0.6 is 22.7 Å². The Morgan fingerprint density at radius 2 is 1.74 bits per heavy atom. The fourth-order valence-corrected chi connectivity index (χ4v) is 6.54. The summed E-state index contributed by atoms with van der Waals surface area (Å²) in [6.07, 6.45) is -3.53. The van der Waals surface area contributed by atoms with E-state index in [1.807, 2.05) is 23.1 Å². The first-order chi connectivity index (χ1) is 18.2. The smallest absolute Gasteiger partial charge is 0.336 e. The number of thiophene rings is 1. The molecular formula is C27H23F3N4O2S2. The third-order valence-electron chi connectivity index (χ3n) is 7.02. The zero-order chi connectivity index (χ0) is 26.4. The molecule has 0 spiro atoms. The minimum absolute atomic E-state index is 0.0399.